The van der Waals surface area contributed by atoms with Crippen molar-refractivity contribution in [3.05, 3.63) is 68.7 Å². The summed E-state index contributed by atoms with van der Waals surface area (Å²) in [4.78, 5) is 34.5. The molecule has 0 heterocycles. The number of hydrogen-bond donors (Lipinski definition) is 0. The molecule has 0 atom stereocenters. The molecular formula is C17H14ClNO6. The van der Waals surface area contributed by atoms with Gasteiger partial charge in [0.15, 0.2) is 12.4 Å². The smallest absolute Gasteiger partial charge is 0.338 e. The largest absolute Gasteiger partial charge is 0.487 e. The average Bonchev–Trinajstić information content (AvgIpc) is 2.60. The maximum absolute atomic E-state index is 12.0. The summed E-state index contributed by atoms with van der Waals surface area (Å²) in [5.74, 6) is -1.28. The lowest BCUT2D eigenvalue weighted by Gasteiger charge is -2.07. The van der Waals surface area contributed by atoms with Crippen LogP contribution < -0.4 is 4.74 Å². The molecule has 0 bridgehead atoms. The summed E-state index contributed by atoms with van der Waals surface area (Å²) in [6.07, 6.45) is 0. The second kappa shape index (κ2) is 8.25. The number of rotatable bonds is 7. The van der Waals surface area contributed by atoms with Crippen LogP contribution in [0, 0.1) is 10.1 Å². The number of ketones is 1. The van der Waals surface area contributed by atoms with Crippen LogP contribution >= 0.6 is 11.6 Å². The van der Waals surface area contributed by atoms with E-state index in [9.17, 15) is 19.7 Å². The predicted octanol–water partition coefficient (Wildman–Crippen LogP) is 3.69. The van der Waals surface area contributed by atoms with Gasteiger partial charge in [-0.05, 0) is 31.2 Å². The Bertz CT molecular complexity index is 821. The first kappa shape index (κ1) is 18.4. The Morgan fingerprint density at radius 2 is 1.92 bits per heavy atom. The van der Waals surface area contributed by atoms with E-state index in [4.69, 9.17) is 21.1 Å². The summed E-state index contributed by atoms with van der Waals surface area (Å²) < 4.78 is 10.1. The third kappa shape index (κ3) is 4.54. The molecule has 0 saturated heterocycles. The van der Waals surface area contributed by atoms with Crippen molar-refractivity contribution in [2.45, 2.75) is 6.92 Å². The lowest BCUT2D eigenvalue weighted by Crippen LogP contribution is -2.15. The fourth-order valence-corrected chi connectivity index (χ4v) is 2.29. The zero-order valence-corrected chi connectivity index (χ0v) is 14.0. The minimum Gasteiger partial charge on any atom is -0.487 e. The van der Waals surface area contributed by atoms with Crippen molar-refractivity contribution in [2.24, 2.45) is 0 Å². The van der Waals surface area contributed by atoms with Gasteiger partial charge in [0.1, 0.15) is 0 Å². The zero-order chi connectivity index (χ0) is 18.4. The van der Waals surface area contributed by atoms with Crippen molar-refractivity contribution >= 4 is 29.0 Å². The molecule has 0 saturated carbocycles. The molecule has 7 nitrogen and oxygen atoms in total. The summed E-state index contributed by atoms with van der Waals surface area (Å²) in [7, 11) is 0. The molecule has 0 N–H and O–H groups in total. The maximum atomic E-state index is 12.0. The van der Waals surface area contributed by atoms with Crippen LogP contribution in [-0.4, -0.2) is 29.9 Å². The number of hydrogen-bond acceptors (Lipinski definition) is 6. The lowest BCUT2D eigenvalue weighted by molar-refractivity contribution is -0.385. The number of nitro benzene ring substituents is 1. The van der Waals surface area contributed by atoms with Gasteiger partial charge >= 0.3 is 11.7 Å². The molecular weight excluding hydrogens is 350 g/mol. The summed E-state index contributed by atoms with van der Waals surface area (Å²) in [6, 6.07) is 10.1. The number of nitrogens with zero attached hydrogens (tertiary/aromatic N) is 1. The summed E-state index contributed by atoms with van der Waals surface area (Å²) in [5, 5.41) is 11.3. The van der Waals surface area contributed by atoms with Crippen LogP contribution in [0.15, 0.2) is 42.5 Å². The van der Waals surface area contributed by atoms with Crippen LogP contribution in [0.25, 0.3) is 0 Å². The molecule has 0 fully saturated rings. The van der Waals surface area contributed by atoms with Crippen LogP contribution in [-0.2, 0) is 4.74 Å². The molecule has 0 aromatic heterocycles. The number of esters is 1. The quantitative estimate of drug-likeness (QED) is 0.322. The highest BCUT2D eigenvalue weighted by atomic mass is 35.5. The molecule has 2 rings (SSSR count). The molecule has 130 valence electrons. The molecule has 0 radical (unpaired) electrons. The monoisotopic (exact) mass is 363 g/mol. The minimum absolute atomic E-state index is 0.0520. The molecule has 0 aliphatic carbocycles. The van der Waals surface area contributed by atoms with Crippen LogP contribution in [0.5, 0.6) is 5.75 Å². The highest BCUT2D eigenvalue weighted by Gasteiger charge is 2.20. The number of ether oxygens (including phenoxy) is 2. The van der Waals surface area contributed by atoms with E-state index in [2.05, 4.69) is 0 Å². The number of nitro groups is 1. The molecule has 8 heteroatoms. The normalized spacial score (nSPS) is 10.2. The predicted molar refractivity (Wildman–Crippen MR) is 90.3 cm³/mol. The number of Topliss-reactive ketones (excluding diaryl/α,β-unsaturated/α-hetero) is 1. The number of carbonyl (C=O) groups is 2. The van der Waals surface area contributed by atoms with Crippen LogP contribution in [0.1, 0.15) is 27.6 Å². The lowest BCUT2D eigenvalue weighted by atomic mass is 10.1. The third-order valence-electron chi connectivity index (χ3n) is 3.20. The van der Waals surface area contributed by atoms with E-state index < -0.39 is 23.3 Å². The molecule has 0 amide bonds. The van der Waals surface area contributed by atoms with E-state index in [1.807, 2.05) is 0 Å². The van der Waals surface area contributed by atoms with Gasteiger partial charge in [-0.1, -0.05) is 23.7 Å². The van der Waals surface area contributed by atoms with E-state index in [0.29, 0.717) is 0 Å². The van der Waals surface area contributed by atoms with Crippen LogP contribution in [0.2, 0.25) is 5.02 Å². The highest BCUT2D eigenvalue weighted by Crippen LogP contribution is 2.28. The van der Waals surface area contributed by atoms with Gasteiger partial charge in [0.25, 0.3) is 0 Å². The first-order valence-corrected chi connectivity index (χ1v) is 7.68. The molecule has 0 aliphatic rings. The van der Waals surface area contributed by atoms with Crippen molar-refractivity contribution in [3.8, 4) is 5.75 Å². The van der Waals surface area contributed by atoms with Gasteiger partial charge in [0.05, 0.1) is 22.1 Å². The Balaban J connectivity index is 2.11. The standard InChI is InChI=1S/C17H14ClNO6/c1-2-24-16-8-7-11(9-14(16)19(22)23)17(21)25-10-15(20)12-5-3-4-6-13(12)18/h3-9H,2,10H2,1H3. The van der Waals surface area contributed by atoms with E-state index in [-0.39, 0.29) is 34.2 Å². The van der Waals surface area contributed by atoms with Crippen LogP contribution in [0.4, 0.5) is 5.69 Å². The van der Waals surface area contributed by atoms with Gasteiger partial charge in [-0.2, -0.15) is 0 Å². The molecule has 25 heavy (non-hydrogen) atoms. The fourth-order valence-electron chi connectivity index (χ4n) is 2.04. The first-order valence-electron chi connectivity index (χ1n) is 7.30. The number of halogens is 1. The maximum Gasteiger partial charge on any atom is 0.338 e. The molecule has 0 unspecified atom stereocenters. The summed E-state index contributed by atoms with van der Waals surface area (Å²) in [5.41, 5.74) is -0.175. The number of benzene rings is 2. The van der Waals surface area contributed by atoms with Crippen molar-refractivity contribution in [1.29, 1.82) is 0 Å². The van der Waals surface area contributed by atoms with E-state index in [1.165, 1.54) is 18.2 Å². The molecule has 2 aromatic rings. The van der Waals surface area contributed by atoms with Crippen molar-refractivity contribution in [3.63, 3.8) is 0 Å². The Kier molecular flexibility index (Phi) is 6.08. The van der Waals surface area contributed by atoms with E-state index in [0.717, 1.165) is 6.07 Å². The van der Waals surface area contributed by atoms with Crippen molar-refractivity contribution in [1.82, 2.24) is 0 Å². The van der Waals surface area contributed by atoms with E-state index in [1.54, 1.807) is 25.1 Å². The van der Waals surface area contributed by atoms with Gasteiger partial charge in [-0.25, -0.2) is 4.79 Å². The Labute approximate surface area is 148 Å². The fraction of sp³-hybridized carbons (Fsp3) is 0.176. The third-order valence-corrected chi connectivity index (χ3v) is 3.53. The molecule has 0 spiro atoms. The molecule has 2 aromatic carbocycles. The van der Waals surface area contributed by atoms with Gasteiger partial charge in [-0.3, -0.25) is 14.9 Å². The number of carbonyl (C=O) groups excluding carboxylic acids is 2. The van der Waals surface area contributed by atoms with E-state index >= 15 is 0 Å². The Hall–Kier alpha value is -2.93. The highest BCUT2D eigenvalue weighted by molar-refractivity contribution is 6.34. The Morgan fingerprint density at radius 3 is 2.56 bits per heavy atom. The van der Waals surface area contributed by atoms with Gasteiger partial charge in [0.2, 0.25) is 5.78 Å². The summed E-state index contributed by atoms with van der Waals surface area (Å²) in [6.45, 7) is 1.41. The van der Waals surface area contributed by atoms with Gasteiger partial charge in [0, 0.05) is 11.6 Å². The van der Waals surface area contributed by atoms with Crippen molar-refractivity contribution in [2.75, 3.05) is 13.2 Å². The zero-order valence-electron chi connectivity index (χ0n) is 13.2. The van der Waals surface area contributed by atoms with Gasteiger partial charge < -0.3 is 9.47 Å². The minimum atomic E-state index is -0.855. The molecule has 0 aliphatic heterocycles. The SMILES string of the molecule is CCOc1ccc(C(=O)OCC(=O)c2ccccc2Cl)cc1[N+](=O)[O-]. The van der Waals surface area contributed by atoms with Gasteiger partial charge in [-0.15, -0.1) is 0 Å². The second-order valence-corrected chi connectivity index (χ2v) is 5.26. The Morgan fingerprint density at radius 1 is 1.20 bits per heavy atom. The topological polar surface area (TPSA) is 95.7 Å². The second-order valence-electron chi connectivity index (χ2n) is 4.85. The first-order chi connectivity index (χ1) is 11.9. The van der Waals surface area contributed by atoms with Crippen LogP contribution in [0.3, 0.4) is 0 Å². The summed E-state index contributed by atoms with van der Waals surface area (Å²) >= 11 is 5.90. The van der Waals surface area contributed by atoms with Crippen molar-refractivity contribution < 1.29 is 24.0 Å². The average molecular weight is 364 g/mol.